The fourth-order valence-electron chi connectivity index (χ4n) is 1.64. The first-order valence-electron chi connectivity index (χ1n) is 5.43. The largest absolute Gasteiger partial charge is 0.390 e. The summed E-state index contributed by atoms with van der Waals surface area (Å²) in [6.45, 7) is 5.79. The molecule has 0 saturated carbocycles. The Balaban J connectivity index is 2.81. The van der Waals surface area contributed by atoms with Crippen molar-refractivity contribution in [3.8, 4) is 0 Å². The van der Waals surface area contributed by atoms with Crippen LogP contribution in [0.4, 0.5) is 4.39 Å². The van der Waals surface area contributed by atoms with Crippen LogP contribution < -0.4 is 0 Å². The van der Waals surface area contributed by atoms with E-state index in [1.165, 1.54) is 6.07 Å². The Bertz CT molecular complexity index is 320. The fraction of sp³-hybridized carbons (Fsp3) is 0.538. The van der Waals surface area contributed by atoms with Crippen molar-refractivity contribution in [3.63, 3.8) is 0 Å². The quantitative estimate of drug-likeness (QED) is 0.809. The van der Waals surface area contributed by atoms with Gasteiger partial charge in [-0.15, -0.1) is 0 Å². The molecule has 0 spiro atoms. The highest BCUT2D eigenvalue weighted by atomic mass is 19.1. The van der Waals surface area contributed by atoms with Crippen molar-refractivity contribution >= 4 is 0 Å². The highest BCUT2D eigenvalue weighted by Gasteiger charge is 2.28. The highest BCUT2D eigenvalue weighted by molar-refractivity contribution is 5.19. The number of hydrogen-bond acceptors (Lipinski definition) is 1. The van der Waals surface area contributed by atoms with E-state index in [-0.39, 0.29) is 11.7 Å². The van der Waals surface area contributed by atoms with Crippen molar-refractivity contribution in [2.45, 2.75) is 39.2 Å². The summed E-state index contributed by atoms with van der Waals surface area (Å²) in [5.74, 6) is -0.0711. The Hall–Kier alpha value is -0.890. The van der Waals surface area contributed by atoms with Crippen molar-refractivity contribution in [2.75, 3.05) is 0 Å². The topological polar surface area (TPSA) is 20.2 Å². The lowest BCUT2D eigenvalue weighted by Crippen LogP contribution is -2.35. The summed E-state index contributed by atoms with van der Waals surface area (Å²) >= 11 is 0. The number of halogens is 1. The van der Waals surface area contributed by atoms with Crippen molar-refractivity contribution in [2.24, 2.45) is 5.92 Å². The summed E-state index contributed by atoms with van der Waals surface area (Å²) in [5, 5.41) is 10.2. The number of aliphatic hydroxyl groups is 1. The first-order chi connectivity index (χ1) is 6.97. The standard InChI is InChI=1S/C13H19FO/c1-4-10(2)13(3,15)9-11-7-5-6-8-12(11)14/h5-8,10,15H,4,9H2,1-3H3. The van der Waals surface area contributed by atoms with Crippen LogP contribution in [0.25, 0.3) is 0 Å². The molecule has 0 aliphatic rings. The van der Waals surface area contributed by atoms with E-state index in [4.69, 9.17) is 0 Å². The zero-order valence-corrected chi connectivity index (χ0v) is 9.63. The molecule has 1 aromatic rings. The van der Waals surface area contributed by atoms with Gasteiger partial charge in [0.1, 0.15) is 5.82 Å². The summed E-state index contributed by atoms with van der Waals surface area (Å²) in [6, 6.07) is 6.62. The first-order valence-corrected chi connectivity index (χ1v) is 5.43. The molecule has 1 N–H and O–H groups in total. The van der Waals surface area contributed by atoms with Crippen LogP contribution in [0.5, 0.6) is 0 Å². The summed E-state index contributed by atoms with van der Waals surface area (Å²) in [6.07, 6.45) is 1.26. The molecule has 15 heavy (non-hydrogen) atoms. The molecule has 0 saturated heterocycles. The molecule has 1 aromatic carbocycles. The van der Waals surface area contributed by atoms with E-state index in [9.17, 15) is 9.50 Å². The van der Waals surface area contributed by atoms with Gasteiger partial charge in [-0.3, -0.25) is 0 Å². The summed E-state index contributed by atoms with van der Waals surface area (Å²) in [7, 11) is 0. The molecular weight excluding hydrogens is 191 g/mol. The SMILES string of the molecule is CCC(C)C(C)(O)Cc1ccccc1F. The maximum atomic E-state index is 13.4. The average molecular weight is 210 g/mol. The van der Waals surface area contributed by atoms with E-state index in [1.807, 2.05) is 13.8 Å². The van der Waals surface area contributed by atoms with Gasteiger partial charge in [0.2, 0.25) is 0 Å². The summed E-state index contributed by atoms with van der Waals surface area (Å²) in [5.41, 5.74) is -0.250. The Kier molecular flexibility index (Phi) is 3.86. The number of hydrogen-bond donors (Lipinski definition) is 1. The molecule has 2 unspecified atom stereocenters. The molecule has 0 heterocycles. The van der Waals surface area contributed by atoms with Crippen LogP contribution in [-0.4, -0.2) is 10.7 Å². The van der Waals surface area contributed by atoms with Gasteiger partial charge in [0.25, 0.3) is 0 Å². The van der Waals surface area contributed by atoms with Gasteiger partial charge in [0.05, 0.1) is 5.60 Å². The van der Waals surface area contributed by atoms with Crippen molar-refractivity contribution in [3.05, 3.63) is 35.6 Å². The lowest BCUT2D eigenvalue weighted by atomic mass is 9.83. The first kappa shape index (κ1) is 12.2. The predicted molar refractivity (Wildman–Crippen MR) is 60.2 cm³/mol. The predicted octanol–water partition coefficient (Wildman–Crippen LogP) is 3.17. The molecule has 2 atom stereocenters. The van der Waals surface area contributed by atoms with Crippen LogP contribution in [0, 0.1) is 11.7 Å². The van der Waals surface area contributed by atoms with Crippen molar-refractivity contribution < 1.29 is 9.50 Å². The number of rotatable bonds is 4. The van der Waals surface area contributed by atoms with Gasteiger partial charge in [0.15, 0.2) is 0 Å². The van der Waals surface area contributed by atoms with E-state index in [1.54, 1.807) is 25.1 Å². The monoisotopic (exact) mass is 210 g/mol. The molecule has 1 rings (SSSR count). The minimum absolute atomic E-state index is 0.164. The van der Waals surface area contributed by atoms with Gasteiger partial charge in [-0.25, -0.2) is 4.39 Å². The normalized spacial score (nSPS) is 17.1. The van der Waals surface area contributed by atoms with E-state index < -0.39 is 5.60 Å². The third-order valence-corrected chi connectivity index (χ3v) is 3.18. The molecule has 0 aliphatic carbocycles. The Morgan fingerprint density at radius 3 is 2.53 bits per heavy atom. The minimum atomic E-state index is -0.836. The smallest absolute Gasteiger partial charge is 0.126 e. The van der Waals surface area contributed by atoms with Gasteiger partial charge >= 0.3 is 0 Å². The van der Waals surface area contributed by atoms with E-state index in [0.717, 1.165) is 6.42 Å². The van der Waals surface area contributed by atoms with E-state index >= 15 is 0 Å². The minimum Gasteiger partial charge on any atom is -0.390 e. The van der Waals surface area contributed by atoms with E-state index in [0.29, 0.717) is 12.0 Å². The maximum absolute atomic E-state index is 13.4. The van der Waals surface area contributed by atoms with Gasteiger partial charge in [-0.05, 0) is 24.5 Å². The molecule has 0 bridgehead atoms. The second-order valence-corrected chi connectivity index (χ2v) is 4.43. The fourth-order valence-corrected chi connectivity index (χ4v) is 1.64. The van der Waals surface area contributed by atoms with Gasteiger partial charge in [-0.1, -0.05) is 38.5 Å². The lowest BCUT2D eigenvalue weighted by molar-refractivity contribution is 0.00447. The lowest BCUT2D eigenvalue weighted by Gasteiger charge is -2.29. The molecular formula is C13H19FO. The van der Waals surface area contributed by atoms with Crippen LogP contribution in [0.1, 0.15) is 32.8 Å². The second kappa shape index (κ2) is 4.75. The Morgan fingerprint density at radius 2 is 2.00 bits per heavy atom. The molecule has 0 aliphatic heterocycles. The van der Waals surface area contributed by atoms with Gasteiger partial charge in [-0.2, -0.15) is 0 Å². The second-order valence-electron chi connectivity index (χ2n) is 4.43. The Morgan fingerprint density at radius 1 is 1.40 bits per heavy atom. The third-order valence-electron chi connectivity index (χ3n) is 3.18. The van der Waals surface area contributed by atoms with Gasteiger partial charge in [0, 0.05) is 6.42 Å². The Labute approximate surface area is 90.9 Å². The highest BCUT2D eigenvalue weighted by Crippen LogP contribution is 2.25. The zero-order valence-electron chi connectivity index (χ0n) is 9.63. The average Bonchev–Trinajstić information content (AvgIpc) is 2.20. The summed E-state index contributed by atoms with van der Waals surface area (Å²) < 4.78 is 13.4. The van der Waals surface area contributed by atoms with Crippen LogP contribution in [0.15, 0.2) is 24.3 Å². The molecule has 84 valence electrons. The zero-order chi connectivity index (χ0) is 11.5. The molecule has 0 radical (unpaired) electrons. The van der Waals surface area contributed by atoms with Crippen molar-refractivity contribution in [1.29, 1.82) is 0 Å². The van der Waals surface area contributed by atoms with Crippen LogP contribution in [-0.2, 0) is 6.42 Å². The molecule has 0 fully saturated rings. The molecule has 0 amide bonds. The molecule has 2 heteroatoms. The number of benzene rings is 1. The molecule has 0 aromatic heterocycles. The van der Waals surface area contributed by atoms with Crippen LogP contribution in [0.3, 0.4) is 0 Å². The van der Waals surface area contributed by atoms with E-state index in [2.05, 4.69) is 0 Å². The third kappa shape index (κ3) is 3.03. The van der Waals surface area contributed by atoms with Crippen molar-refractivity contribution in [1.82, 2.24) is 0 Å². The van der Waals surface area contributed by atoms with Crippen LogP contribution in [0.2, 0.25) is 0 Å². The molecule has 1 nitrogen and oxygen atoms in total. The summed E-state index contributed by atoms with van der Waals surface area (Å²) in [4.78, 5) is 0. The van der Waals surface area contributed by atoms with Gasteiger partial charge < -0.3 is 5.11 Å². The van der Waals surface area contributed by atoms with Crippen LogP contribution >= 0.6 is 0 Å². The maximum Gasteiger partial charge on any atom is 0.126 e.